The topological polar surface area (TPSA) is 15.3 Å². The minimum absolute atomic E-state index is 0.871. The van der Waals surface area contributed by atoms with Crippen molar-refractivity contribution in [3.05, 3.63) is 0 Å². The molecule has 2 nitrogen and oxygen atoms in total. The van der Waals surface area contributed by atoms with Crippen molar-refractivity contribution >= 4 is 0 Å². The van der Waals surface area contributed by atoms with Gasteiger partial charge in [-0.3, -0.25) is 0 Å². The Bertz CT molecular complexity index is 187. The summed E-state index contributed by atoms with van der Waals surface area (Å²) in [6, 6.07) is 0.881. The predicted octanol–water partition coefficient (Wildman–Crippen LogP) is 2.11. The van der Waals surface area contributed by atoms with Gasteiger partial charge in [0.2, 0.25) is 0 Å². The molecule has 88 valence electrons. The van der Waals surface area contributed by atoms with Gasteiger partial charge in [0.15, 0.2) is 0 Å². The lowest BCUT2D eigenvalue weighted by atomic mass is 9.92. The summed E-state index contributed by atoms with van der Waals surface area (Å²) in [4.78, 5) is 2.63. The lowest BCUT2D eigenvalue weighted by molar-refractivity contribution is 0.160. The molecule has 0 aromatic rings. The SMILES string of the molecule is CC1CNCC1CN(C)C1CCCCC1. The molecule has 1 N–H and O–H groups in total. The molecule has 1 saturated carbocycles. The van der Waals surface area contributed by atoms with Crippen LogP contribution < -0.4 is 5.32 Å². The van der Waals surface area contributed by atoms with Gasteiger partial charge in [-0.05, 0) is 44.8 Å². The summed E-state index contributed by atoms with van der Waals surface area (Å²) in [7, 11) is 2.33. The van der Waals surface area contributed by atoms with E-state index in [2.05, 4.69) is 24.2 Å². The van der Waals surface area contributed by atoms with Crippen molar-refractivity contribution in [2.24, 2.45) is 11.8 Å². The van der Waals surface area contributed by atoms with Gasteiger partial charge in [-0.25, -0.2) is 0 Å². The molecule has 1 saturated heterocycles. The van der Waals surface area contributed by atoms with Crippen molar-refractivity contribution in [3.63, 3.8) is 0 Å². The Labute approximate surface area is 94.4 Å². The molecule has 2 unspecified atom stereocenters. The van der Waals surface area contributed by atoms with E-state index < -0.39 is 0 Å². The van der Waals surface area contributed by atoms with Crippen molar-refractivity contribution < 1.29 is 0 Å². The Morgan fingerprint density at radius 2 is 1.87 bits per heavy atom. The number of hydrogen-bond acceptors (Lipinski definition) is 2. The Morgan fingerprint density at radius 1 is 1.13 bits per heavy atom. The highest BCUT2D eigenvalue weighted by Crippen LogP contribution is 2.24. The van der Waals surface area contributed by atoms with Gasteiger partial charge in [-0.15, -0.1) is 0 Å². The molecular formula is C13H26N2. The van der Waals surface area contributed by atoms with E-state index in [9.17, 15) is 0 Å². The fourth-order valence-electron chi connectivity index (χ4n) is 3.15. The van der Waals surface area contributed by atoms with Gasteiger partial charge in [0.25, 0.3) is 0 Å². The molecule has 1 aliphatic heterocycles. The molecule has 2 aliphatic rings. The second-order valence-electron chi connectivity index (χ2n) is 5.63. The van der Waals surface area contributed by atoms with Crippen LogP contribution in [0.25, 0.3) is 0 Å². The van der Waals surface area contributed by atoms with Gasteiger partial charge in [0.05, 0.1) is 0 Å². The Balaban J connectivity index is 1.77. The fraction of sp³-hybridized carbons (Fsp3) is 1.00. The van der Waals surface area contributed by atoms with Gasteiger partial charge in [-0.2, -0.15) is 0 Å². The summed E-state index contributed by atoms with van der Waals surface area (Å²) >= 11 is 0. The van der Waals surface area contributed by atoms with Crippen LogP contribution in [0.15, 0.2) is 0 Å². The highest BCUT2D eigenvalue weighted by molar-refractivity contribution is 4.82. The monoisotopic (exact) mass is 210 g/mol. The lowest BCUT2D eigenvalue weighted by Gasteiger charge is -2.33. The number of rotatable bonds is 3. The van der Waals surface area contributed by atoms with E-state index in [1.54, 1.807) is 0 Å². The van der Waals surface area contributed by atoms with Crippen LogP contribution in [-0.2, 0) is 0 Å². The maximum atomic E-state index is 3.50. The standard InChI is InChI=1S/C13H26N2/c1-11-8-14-9-12(11)10-15(2)13-6-4-3-5-7-13/h11-14H,3-10H2,1-2H3. The average Bonchev–Trinajstić information content (AvgIpc) is 2.66. The third-order valence-electron chi connectivity index (χ3n) is 4.40. The quantitative estimate of drug-likeness (QED) is 0.767. The first-order chi connectivity index (χ1) is 7.27. The zero-order chi connectivity index (χ0) is 10.7. The van der Waals surface area contributed by atoms with Crippen molar-refractivity contribution in [1.82, 2.24) is 10.2 Å². The fourth-order valence-corrected chi connectivity index (χ4v) is 3.15. The zero-order valence-corrected chi connectivity index (χ0v) is 10.3. The van der Waals surface area contributed by atoms with E-state index in [0.29, 0.717) is 0 Å². The van der Waals surface area contributed by atoms with E-state index >= 15 is 0 Å². The largest absolute Gasteiger partial charge is 0.316 e. The van der Waals surface area contributed by atoms with Crippen LogP contribution in [0.3, 0.4) is 0 Å². The lowest BCUT2D eigenvalue weighted by Crippen LogP contribution is -2.38. The summed E-state index contributed by atoms with van der Waals surface area (Å²) in [5.41, 5.74) is 0. The number of nitrogens with one attached hydrogen (secondary N) is 1. The Hall–Kier alpha value is -0.0800. The molecule has 2 atom stereocenters. The summed E-state index contributed by atoms with van der Waals surface area (Å²) in [6.07, 6.45) is 7.24. The molecular weight excluding hydrogens is 184 g/mol. The molecule has 0 amide bonds. The molecule has 1 heterocycles. The first-order valence-electron chi connectivity index (χ1n) is 6.68. The average molecular weight is 210 g/mol. The van der Waals surface area contributed by atoms with Crippen LogP contribution in [0.4, 0.5) is 0 Å². The van der Waals surface area contributed by atoms with E-state index in [1.807, 2.05) is 0 Å². The molecule has 1 aliphatic carbocycles. The Morgan fingerprint density at radius 3 is 2.47 bits per heavy atom. The van der Waals surface area contributed by atoms with Gasteiger partial charge in [-0.1, -0.05) is 26.2 Å². The highest BCUT2D eigenvalue weighted by atomic mass is 15.1. The van der Waals surface area contributed by atoms with Gasteiger partial charge < -0.3 is 10.2 Å². The van der Waals surface area contributed by atoms with E-state index in [-0.39, 0.29) is 0 Å². The molecule has 2 fully saturated rings. The van der Waals surface area contributed by atoms with Crippen LogP contribution in [-0.4, -0.2) is 37.6 Å². The maximum absolute atomic E-state index is 3.50. The summed E-state index contributed by atoms with van der Waals surface area (Å²) in [6.45, 7) is 6.15. The minimum Gasteiger partial charge on any atom is -0.316 e. The second-order valence-corrected chi connectivity index (χ2v) is 5.63. The first-order valence-corrected chi connectivity index (χ1v) is 6.68. The molecule has 0 spiro atoms. The first kappa shape index (κ1) is 11.4. The molecule has 15 heavy (non-hydrogen) atoms. The smallest absolute Gasteiger partial charge is 0.00923 e. The molecule has 0 aromatic heterocycles. The summed E-state index contributed by atoms with van der Waals surface area (Å²) in [5.74, 6) is 1.76. The highest BCUT2D eigenvalue weighted by Gasteiger charge is 2.26. The van der Waals surface area contributed by atoms with Crippen molar-refractivity contribution in [2.75, 3.05) is 26.7 Å². The van der Waals surface area contributed by atoms with Gasteiger partial charge in [0.1, 0.15) is 0 Å². The maximum Gasteiger partial charge on any atom is 0.00923 e. The van der Waals surface area contributed by atoms with Crippen LogP contribution in [0.1, 0.15) is 39.0 Å². The van der Waals surface area contributed by atoms with Crippen molar-refractivity contribution in [3.8, 4) is 0 Å². The van der Waals surface area contributed by atoms with Crippen LogP contribution in [0, 0.1) is 11.8 Å². The summed E-state index contributed by atoms with van der Waals surface area (Å²) < 4.78 is 0. The molecule has 0 bridgehead atoms. The van der Waals surface area contributed by atoms with Crippen LogP contribution in [0.5, 0.6) is 0 Å². The molecule has 0 radical (unpaired) electrons. The molecule has 2 rings (SSSR count). The normalized spacial score (nSPS) is 33.8. The second kappa shape index (κ2) is 5.31. The predicted molar refractivity (Wildman–Crippen MR) is 65.0 cm³/mol. The Kier molecular flexibility index (Phi) is 4.04. The molecule has 2 heteroatoms. The third-order valence-corrected chi connectivity index (χ3v) is 4.40. The molecule has 0 aromatic carbocycles. The van der Waals surface area contributed by atoms with E-state index in [0.717, 1.165) is 17.9 Å². The number of hydrogen-bond donors (Lipinski definition) is 1. The van der Waals surface area contributed by atoms with Crippen molar-refractivity contribution in [2.45, 2.75) is 45.1 Å². The minimum atomic E-state index is 0.871. The van der Waals surface area contributed by atoms with Gasteiger partial charge >= 0.3 is 0 Å². The van der Waals surface area contributed by atoms with Crippen LogP contribution >= 0.6 is 0 Å². The number of nitrogens with zero attached hydrogens (tertiary/aromatic N) is 1. The third kappa shape index (κ3) is 2.94. The van der Waals surface area contributed by atoms with E-state index in [4.69, 9.17) is 0 Å². The van der Waals surface area contributed by atoms with Crippen molar-refractivity contribution in [1.29, 1.82) is 0 Å². The van der Waals surface area contributed by atoms with E-state index in [1.165, 1.54) is 51.7 Å². The zero-order valence-electron chi connectivity index (χ0n) is 10.3. The summed E-state index contributed by atoms with van der Waals surface area (Å²) in [5, 5.41) is 3.50. The van der Waals surface area contributed by atoms with Gasteiger partial charge in [0, 0.05) is 12.6 Å². The van der Waals surface area contributed by atoms with Crippen LogP contribution in [0.2, 0.25) is 0 Å².